The minimum atomic E-state index is -2.27. The van der Waals surface area contributed by atoms with E-state index in [0.717, 1.165) is 25.7 Å². The van der Waals surface area contributed by atoms with Gasteiger partial charge in [-0.1, -0.05) is 60.1 Å². The van der Waals surface area contributed by atoms with Gasteiger partial charge in [0.15, 0.2) is 31.3 Å². The van der Waals surface area contributed by atoms with Crippen molar-refractivity contribution in [2.75, 3.05) is 26.4 Å². The van der Waals surface area contributed by atoms with Gasteiger partial charge >= 0.3 is 5.97 Å². The van der Waals surface area contributed by atoms with E-state index in [2.05, 4.69) is 40.7 Å². The van der Waals surface area contributed by atoms with Crippen LogP contribution in [0.15, 0.2) is 11.6 Å². The van der Waals surface area contributed by atoms with Gasteiger partial charge in [0.2, 0.25) is 0 Å². The number of carboxylic acids is 1. The van der Waals surface area contributed by atoms with Crippen LogP contribution >= 0.6 is 0 Å². The largest absolute Gasteiger partial charge is 0.479 e. The highest BCUT2D eigenvalue weighted by atomic mass is 16.8. The lowest BCUT2D eigenvalue weighted by molar-refractivity contribution is -0.407. The standard InChI is InChI=1S/C54H86O24/c1-49(2)14-15-54(21-58)23(16-49)22-8-9-28-51(5)12-11-30(50(3,4)27(51)10-13-52(28,6)53(22,7)17-29(54)59)74-48-43(78-46-38(67)35(64)32(61)25(19-56)72-46)40(39(68)41(76-48)44(69)70)75-47-42(36(65)33(62)26(20-57)73-47)77-45-37(66)34(63)31(60)24(18-55)71-45/h8,23-28,30-43,45-48,55-58,60-68H,9-21H2,1-7H3,(H,69,70)/t23?,24-,25-,26-,27?,28?,30+,31-,32+,33+,34+,35+,36+,37-,38-,39+,40+,41+,42-,43-,45+,46+,47+,48-,51+,52-,53-,54-/m1/s1. The molecule has 5 aliphatic carbocycles. The third-order valence-electron chi connectivity index (χ3n) is 21.3. The average Bonchev–Trinajstić information content (AvgIpc) is 3.34. The van der Waals surface area contributed by atoms with Gasteiger partial charge in [-0.3, -0.25) is 4.79 Å². The summed E-state index contributed by atoms with van der Waals surface area (Å²) in [5.74, 6) is -1.61. The lowest BCUT2D eigenvalue weighted by atomic mass is 9.33. The first-order valence-electron chi connectivity index (χ1n) is 27.8. The van der Waals surface area contributed by atoms with Crippen LogP contribution in [0.3, 0.4) is 0 Å². The molecule has 9 aliphatic rings. The molecule has 4 heterocycles. The Morgan fingerprint density at radius 2 is 1.10 bits per heavy atom. The van der Waals surface area contributed by atoms with E-state index >= 15 is 0 Å². The molecule has 0 aromatic rings. The highest BCUT2D eigenvalue weighted by Crippen LogP contribution is 2.75. The van der Waals surface area contributed by atoms with E-state index in [1.807, 2.05) is 13.8 Å². The van der Waals surface area contributed by atoms with Crippen LogP contribution in [0.1, 0.15) is 106 Å². The number of aliphatic carboxylic acids is 1. The zero-order chi connectivity index (χ0) is 57.1. The number of allylic oxidation sites excluding steroid dienone is 2. The summed E-state index contributed by atoms with van der Waals surface area (Å²) in [6.07, 6.45) is -31.5. The van der Waals surface area contributed by atoms with Gasteiger partial charge < -0.3 is 109 Å². The van der Waals surface area contributed by atoms with Gasteiger partial charge in [-0.05, 0) is 90.8 Å². The second-order valence-electron chi connectivity index (χ2n) is 26.3. The molecule has 14 N–H and O–H groups in total. The summed E-state index contributed by atoms with van der Waals surface area (Å²) in [6, 6.07) is 0. The van der Waals surface area contributed by atoms with Crippen LogP contribution < -0.4 is 0 Å². The number of ether oxygens (including phenoxy) is 8. The second kappa shape index (κ2) is 21.9. The Bertz CT molecular complexity index is 2190. The summed E-state index contributed by atoms with van der Waals surface area (Å²) in [6.45, 7) is 12.6. The van der Waals surface area contributed by atoms with Crippen molar-refractivity contribution in [3.8, 4) is 0 Å². The van der Waals surface area contributed by atoms with Gasteiger partial charge in [0, 0.05) is 11.8 Å². The maximum Gasteiger partial charge on any atom is 0.335 e. The Morgan fingerprint density at radius 3 is 1.65 bits per heavy atom. The number of aliphatic hydroxyl groups excluding tert-OH is 13. The normalized spacial score (nSPS) is 53.0. The Morgan fingerprint density at radius 1 is 0.577 bits per heavy atom. The minimum Gasteiger partial charge on any atom is -0.479 e. The number of hydrogen-bond acceptors (Lipinski definition) is 23. The van der Waals surface area contributed by atoms with Gasteiger partial charge in [-0.25, -0.2) is 4.79 Å². The Balaban J connectivity index is 1.05. The number of rotatable bonds is 13. The Hall–Kier alpha value is -1.96. The van der Waals surface area contributed by atoms with E-state index in [4.69, 9.17) is 37.9 Å². The Labute approximate surface area is 453 Å². The zero-order valence-electron chi connectivity index (χ0n) is 45.5. The molecule has 4 saturated heterocycles. The summed E-state index contributed by atoms with van der Waals surface area (Å²) in [5, 5.41) is 151. The maximum atomic E-state index is 14.6. The van der Waals surface area contributed by atoms with Crippen molar-refractivity contribution < 1.29 is 119 Å². The lowest BCUT2D eigenvalue weighted by Crippen LogP contribution is -2.69. The number of carbonyl (C=O) groups is 2. The third kappa shape index (κ3) is 9.68. The molecule has 4 aliphatic heterocycles. The molecule has 0 radical (unpaired) electrons. The van der Waals surface area contributed by atoms with Crippen molar-refractivity contribution in [3.05, 3.63) is 11.6 Å². The molecule has 0 amide bonds. The van der Waals surface area contributed by atoms with Crippen molar-refractivity contribution in [3.63, 3.8) is 0 Å². The van der Waals surface area contributed by atoms with Crippen molar-refractivity contribution in [2.24, 2.45) is 50.2 Å². The molecule has 78 heavy (non-hydrogen) atoms. The molecule has 0 bridgehead atoms. The quantitative estimate of drug-likeness (QED) is 0.0682. The fraction of sp³-hybridized carbons (Fsp3) is 0.926. The zero-order valence-corrected chi connectivity index (χ0v) is 45.5. The van der Waals surface area contributed by atoms with Gasteiger partial charge in [0.25, 0.3) is 0 Å². The molecular formula is C54H86O24. The van der Waals surface area contributed by atoms with Crippen LogP contribution in [-0.2, 0) is 47.5 Å². The predicted octanol–water partition coefficient (Wildman–Crippen LogP) is -2.29. The van der Waals surface area contributed by atoms with Crippen LogP contribution in [0, 0.1) is 50.2 Å². The molecule has 4 saturated carbocycles. The van der Waals surface area contributed by atoms with Gasteiger partial charge in [0.05, 0.1) is 37.9 Å². The molecule has 0 aromatic carbocycles. The molecule has 24 nitrogen and oxygen atoms in total. The van der Waals surface area contributed by atoms with E-state index in [9.17, 15) is 81.1 Å². The van der Waals surface area contributed by atoms with Crippen molar-refractivity contribution in [1.82, 2.24) is 0 Å². The lowest BCUT2D eigenvalue weighted by Gasteiger charge is -2.71. The van der Waals surface area contributed by atoms with Crippen LogP contribution in [0.25, 0.3) is 0 Å². The van der Waals surface area contributed by atoms with Crippen molar-refractivity contribution >= 4 is 11.8 Å². The predicted molar refractivity (Wildman–Crippen MR) is 264 cm³/mol. The van der Waals surface area contributed by atoms with Crippen LogP contribution in [0.4, 0.5) is 0 Å². The third-order valence-corrected chi connectivity index (χ3v) is 21.3. The van der Waals surface area contributed by atoms with E-state index in [0.29, 0.717) is 32.1 Å². The monoisotopic (exact) mass is 1120 g/mol. The van der Waals surface area contributed by atoms with Gasteiger partial charge in [0.1, 0.15) is 97.3 Å². The highest BCUT2D eigenvalue weighted by molar-refractivity contribution is 5.89. The molecule has 28 atom stereocenters. The van der Waals surface area contributed by atoms with Crippen molar-refractivity contribution in [1.29, 1.82) is 0 Å². The second-order valence-corrected chi connectivity index (χ2v) is 26.3. The number of carbonyl (C=O) groups excluding carboxylic acids is 1. The van der Waals surface area contributed by atoms with E-state index in [1.165, 1.54) is 5.57 Å². The molecule has 24 heteroatoms. The van der Waals surface area contributed by atoms with Crippen LogP contribution in [-0.4, -0.2) is 239 Å². The molecule has 0 aromatic heterocycles. The summed E-state index contributed by atoms with van der Waals surface area (Å²) in [4.78, 5) is 27.7. The minimum absolute atomic E-state index is 0.00498. The number of Topliss-reactive ketones (excluding diaryl/α,β-unsaturated/α-hetero) is 1. The molecule has 0 spiro atoms. The molecular weight excluding hydrogens is 1030 g/mol. The first-order valence-corrected chi connectivity index (χ1v) is 27.8. The molecule has 8 fully saturated rings. The van der Waals surface area contributed by atoms with Gasteiger partial charge in [-0.2, -0.15) is 0 Å². The Kier molecular flexibility index (Phi) is 17.0. The van der Waals surface area contributed by atoms with Crippen molar-refractivity contribution in [2.45, 2.75) is 235 Å². The first-order chi connectivity index (χ1) is 36.5. The summed E-state index contributed by atoms with van der Waals surface area (Å²) in [5.41, 5.74) is -1.39. The average molecular weight is 1120 g/mol. The topological polar surface area (TPSA) is 391 Å². The molecule has 9 rings (SSSR count). The maximum absolute atomic E-state index is 14.6. The molecule has 446 valence electrons. The number of fused-ring (bicyclic) bond motifs is 7. The fourth-order valence-corrected chi connectivity index (χ4v) is 16.4. The number of carboxylic acid groups (broad SMARTS) is 1. The highest BCUT2D eigenvalue weighted by Gasteiger charge is 2.71. The SMILES string of the molecule is CC1(C)CC[C@]2(CO)C(=O)C[C@]3(C)C(=CCC4[C@@]5(C)CC[C@H](O[C@@H]6O[C@H](C(=O)O)[C@@H](O)[C@H](O[C@@H]7O[C@H](CO)[C@H](O)[C@H](O)[C@H]7O[C@@H]7O[C@H](CO)[C@@H](O)[C@H](O)[C@H]7O)[C@H]6O[C@@H]6O[C@H](CO)[C@H](O)[C@H](O)[C@H]6O)C(C)(C)C5CC[C@]43C)C2C1. The van der Waals surface area contributed by atoms with E-state index in [1.54, 1.807) is 0 Å². The van der Waals surface area contributed by atoms with Gasteiger partial charge in [-0.15, -0.1) is 0 Å². The smallest absolute Gasteiger partial charge is 0.335 e. The fourth-order valence-electron chi connectivity index (χ4n) is 16.4. The number of aliphatic hydroxyl groups is 13. The number of hydrogen-bond donors (Lipinski definition) is 14. The summed E-state index contributed by atoms with van der Waals surface area (Å²) in [7, 11) is 0. The van der Waals surface area contributed by atoms with Crippen LogP contribution in [0.2, 0.25) is 0 Å². The number of ketones is 1. The molecule has 3 unspecified atom stereocenters. The first kappa shape index (κ1) is 60.6. The van der Waals surface area contributed by atoms with Crippen LogP contribution in [0.5, 0.6) is 0 Å². The summed E-state index contributed by atoms with van der Waals surface area (Å²) < 4.78 is 48.7. The summed E-state index contributed by atoms with van der Waals surface area (Å²) >= 11 is 0. The van der Waals surface area contributed by atoms with E-state index < -0.39 is 171 Å². The van der Waals surface area contributed by atoms with E-state index in [-0.39, 0.29) is 46.4 Å².